The van der Waals surface area contributed by atoms with Crippen molar-refractivity contribution in [1.82, 2.24) is 4.57 Å². The van der Waals surface area contributed by atoms with Crippen LogP contribution in [0, 0.1) is 0 Å². The van der Waals surface area contributed by atoms with Crippen molar-refractivity contribution in [1.29, 1.82) is 0 Å². The lowest BCUT2D eigenvalue weighted by Gasteiger charge is -2.06. The highest BCUT2D eigenvalue weighted by Crippen LogP contribution is 2.28. The first-order valence-electron chi connectivity index (χ1n) is 5.71. The summed E-state index contributed by atoms with van der Waals surface area (Å²) in [5.41, 5.74) is 0.470. The van der Waals surface area contributed by atoms with Crippen LogP contribution in [0.4, 0.5) is 0 Å². The molecule has 7 heteroatoms. The quantitative estimate of drug-likeness (QED) is 0.782. The molecule has 0 radical (unpaired) electrons. The zero-order chi connectivity index (χ0) is 14.3. The number of primary sulfonamides is 1. The molecule has 0 saturated heterocycles. The molecule has 0 amide bonds. The predicted octanol–water partition coefficient (Wildman–Crippen LogP) is 1.70. The lowest BCUT2D eigenvalue weighted by molar-refractivity contribution is 0.600. The monoisotopic (exact) mass is 306 g/mol. The molecule has 0 aliphatic carbocycles. The summed E-state index contributed by atoms with van der Waals surface area (Å²) in [7, 11) is -3.77. The van der Waals surface area contributed by atoms with Crippen molar-refractivity contribution in [3.63, 3.8) is 0 Å². The normalized spacial score (nSPS) is 11.8. The lowest BCUT2D eigenvalue weighted by atomic mass is 10.3. The molecule has 1 aromatic carbocycles. The van der Waals surface area contributed by atoms with Gasteiger partial charge < -0.3 is 0 Å². The van der Waals surface area contributed by atoms with Gasteiger partial charge in [-0.25, -0.2) is 13.6 Å². The molecule has 5 nitrogen and oxygen atoms in total. The van der Waals surface area contributed by atoms with E-state index in [2.05, 4.69) is 0 Å². The summed E-state index contributed by atoms with van der Waals surface area (Å²) in [4.78, 5) is 12.6. The van der Waals surface area contributed by atoms with Gasteiger partial charge in [0.25, 0.3) is 5.56 Å². The van der Waals surface area contributed by atoms with Crippen molar-refractivity contribution in [3.05, 3.63) is 58.9 Å². The van der Waals surface area contributed by atoms with Gasteiger partial charge in [-0.1, -0.05) is 18.2 Å². The largest absolute Gasteiger partial charge is 0.269 e. The molecule has 2 heterocycles. The molecular formula is C13H10N2O3S2. The van der Waals surface area contributed by atoms with Crippen LogP contribution in [0.15, 0.2) is 57.5 Å². The van der Waals surface area contributed by atoms with Crippen molar-refractivity contribution < 1.29 is 8.42 Å². The summed E-state index contributed by atoms with van der Waals surface area (Å²) in [5, 5.41) is 5.81. The van der Waals surface area contributed by atoms with Crippen LogP contribution in [0.1, 0.15) is 0 Å². The summed E-state index contributed by atoms with van der Waals surface area (Å²) in [6.45, 7) is 0. The minimum Gasteiger partial charge on any atom is -0.269 e. The van der Waals surface area contributed by atoms with Gasteiger partial charge in [0.15, 0.2) is 0 Å². The molecule has 0 fully saturated rings. The fraction of sp³-hybridized carbons (Fsp3) is 0. The summed E-state index contributed by atoms with van der Waals surface area (Å²) >= 11 is 0.990. The van der Waals surface area contributed by atoms with Crippen LogP contribution in [0.3, 0.4) is 0 Å². The highest BCUT2D eigenvalue weighted by atomic mass is 32.2. The van der Waals surface area contributed by atoms with Crippen LogP contribution in [0.25, 0.3) is 15.9 Å². The van der Waals surface area contributed by atoms with E-state index in [1.165, 1.54) is 16.7 Å². The van der Waals surface area contributed by atoms with Gasteiger partial charge >= 0.3 is 0 Å². The molecule has 3 aromatic rings. The molecule has 0 unspecified atom stereocenters. The fourth-order valence-electron chi connectivity index (χ4n) is 1.96. The van der Waals surface area contributed by atoms with Gasteiger partial charge in [0.05, 0.1) is 5.69 Å². The van der Waals surface area contributed by atoms with E-state index in [-0.39, 0.29) is 9.77 Å². The van der Waals surface area contributed by atoms with Gasteiger partial charge in [-0.15, -0.1) is 11.3 Å². The van der Waals surface area contributed by atoms with E-state index >= 15 is 0 Å². The van der Waals surface area contributed by atoms with Crippen molar-refractivity contribution in [2.45, 2.75) is 4.21 Å². The van der Waals surface area contributed by atoms with E-state index in [9.17, 15) is 13.2 Å². The maximum atomic E-state index is 12.1. The number of para-hydroxylation sites is 1. The Morgan fingerprint density at radius 3 is 2.40 bits per heavy atom. The second-order valence-corrected chi connectivity index (χ2v) is 7.03. The van der Waals surface area contributed by atoms with Crippen LogP contribution >= 0.6 is 11.3 Å². The second kappa shape index (κ2) is 4.55. The Morgan fingerprint density at radius 2 is 1.75 bits per heavy atom. The van der Waals surface area contributed by atoms with Gasteiger partial charge in [-0.3, -0.25) is 9.36 Å². The standard InChI is InChI=1S/C13H10N2O3S2/c14-20(17,18)12-8-9-6-7-11(16)15(13(9)19-12)10-4-2-1-3-5-10/h1-8H,(H2,14,17,18). The highest BCUT2D eigenvalue weighted by molar-refractivity contribution is 7.91. The first-order chi connectivity index (χ1) is 9.47. The van der Waals surface area contributed by atoms with Gasteiger partial charge in [0.1, 0.15) is 9.04 Å². The number of rotatable bonds is 2. The Labute approximate surface area is 119 Å². The van der Waals surface area contributed by atoms with Crippen LogP contribution in [-0.2, 0) is 10.0 Å². The fourth-order valence-corrected chi connectivity index (χ4v) is 3.86. The minimum absolute atomic E-state index is 0.0442. The number of aromatic nitrogens is 1. The van der Waals surface area contributed by atoms with Crippen molar-refractivity contribution in [3.8, 4) is 5.69 Å². The van der Waals surface area contributed by atoms with Gasteiger partial charge in [-0.05, 0) is 24.3 Å². The van der Waals surface area contributed by atoms with Gasteiger partial charge in [-0.2, -0.15) is 0 Å². The first kappa shape index (κ1) is 13.0. The number of nitrogens with two attached hydrogens (primary N) is 1. The average molecular weight is 306 g/mol. The van der Waals surface area contributed by atoms with E-state index in [0.29, 0.717) is 15.9 Å². The molecule has 102 valence electrons. The van der Waals surface area contributed by atoms with Crippen LogP contribution in [0.5, 0.6) is 0 Å². The molecule has 20 heavy (non-hydrogen) atoms. The number of hydrogen-bond acceptors (Lipinski definition) is 4. The topological polar surface area (TPSA) is 82.2 Å². The third kappa shape index (κ3) is 2.15. The maximum Gasteiger partial charge on any atom is 0.256 e. The highest BCUT2D eigenvalue weighted by Gasteiger charge is 2.15. The summed E-state index contributed by atoms with van der Waals surface area (Å²) in [6, 6.07) is 13.5. The van der Waals surface area contributed by atoms with E-state index in [4.69, 9.17) is 5.14 Å². The number of sulfonamides is 1. The molecule has 2 N–H and O–H groups in total. The molecule has 0 aliphatic rings. The van der Waals surface area contributed by atoms with E-state index in [1.807, 2.05) is 18.2 Å². The smallest absolute Gasteiger partial charge is 0.256 e. The van der Waals surface area contributed by atoms with Crippen molar-refractivity contribution >= 4 is 31.6 Å². The Balaban J connectivity index is 2.40. The summed E-state index contributed by atoms with van der Waals surface area (Å²) in [5.74, 6) is 0. The molecular weight excluding hydrogens is 296 g/mol. The third-order valence-electron chi connectivity index (χ3n) is 2.84. The Bertz CT molecular complexity index is 941. The molecule has 0 atom stereocenters. The van der Waals surface area contributed by atoms with E-state index in [1.54, 1.807) is 18.2 Å². The number of fused-ring (bicyclic) bond motifs is 1. The van der Waals surface area contributed by atoms with Gasteiger partial charge in [0.2, 0.25) is 10.0 Å². The number of pyridine rings is 1. The van der Waals surface area contributed by atoms with Gasteiger partial charge in [0, 0.05) is 11.5 Å². The Kier molecular flexibility index (Phi) is 2.97. The minimum atomic E-state index is -3.77. The van der Waals surface area contributed by atoms with Crippen LogP contribution in [0.2, 0.25) is 0 Å². The van der Waals surface area contributed by atoms with Crippen molar-refractivity contribution in [2.75, 3.05) is 0 Å². The molecule has 3 rings (SSSR count). The zero-order valence-corrected chi connectivity index (χ0v) is 11.8. The van der Waals surface area contributed by atoms with Crippen molar-refractivity contribution in [2.24, 2.45) is 5.14 Å². The second-order valence-electron chi connectivity index (χ2n) is 4.21. The number of benzene rings is 1. The molecule has 2 aromatic heterocycles. The average Bonchev–Trinajstić information content (AvgIpc) is 2.83. The molecule has 0 spiro atoms. The summed E-state index contributed by atoms with van der Waals surface area (Å²) in [6.07, 6.45) is 0. The SMILES string of the molecule is NS(=O)(=O)c1cc2ccc(=O)n(-c3ccccc3)c2s1. The lowest BCUT2D eigenvalue weighted by Crippen LogP contribution is -2.16. The number of thiophene rings is 1. The van der Waals surface area contributed by atoms with Crippen LogP contribution < -0.4 is 10.7 Å². The molecule has 0 saturated carbocycles. The maximum absolute atomic E-state index is 12.1. The predicted molar refractivity (Wildman–Crippen MR) is 78.8 cm³/mol. The van der Waals surface area contributed by atoms with E-state index < -0.39 is 10.0 Å². The van der Waals surface area contributed by atoms with Crippen LogP contribution in [-0.4, -0.2) is 13.0 Å². The Morgan fingerprint density at radius 1 is 1.05 bits per heavy atom. The number of hydrogen-bond donors (Lipinski definition) is 1. The third-order valence-corrected chi connectivity index (χ3v) is 5.40. The first-order valence-corrected chi connectivity index (χ1v) is 8.07. The Hall–Kier alpha value is -1.96. The van der Waals surface area contributed by atoms with E-state index in [0.717, 1.165) is 11.3 Å². The molecule has 0 bridgehead atoms. The zero-order valence-electron chi connectivity index (χ0n) is 10.2. The number of nitrogens with zero attached hydrogens (tertiary/aromatic N) is 1. The summed E-state index contributed by atoms with van der Waals surface area (Å²) < 4.78 is 24.4. The molecule has 0 aliphatic heterocycles.